The van der Waals surface area contributed by atoms with Crippen LogP contribution in [-0.4, -0.2) is 57.2 Å². The fourth-order valence-electron chi connectivity index (χ4n) is 0.817. The maximum atomic E-state index is 11.3. The predicted octanol–water partition coefficient (Wildman–Crippen LogP) is -0.974. The molecule has 0 spiro atoms. The first-order valence-electron chi connectivity index (χ1n) is 4.67. The molecule has 5 nitrogen and oxygen atoms in total. The highest BCUT2D eigenvalue weighted by Crippen LogP contribution is 1.89. The predicted molar refractivity (Wildman–Crippen MR) is 56.0 cm³/mol. The molecule has 0 aromatic carbocycles. The molecule has 2 unspecified atom stereocenters. The second-order valence-electron chi connectivity index (χ2n) is 3.62. The van der Waals surface area contributed by atoms with Gasteiger partial charge in [0.2, 0.25) is 5.91 Å². The zero-order valence-corrected chi connectivity index (χ0v) is 9.41. The molecular formula is C9H21N3O2. The topological polar surface area (TPSA) is 67.6 Å². The van der Waals surface area contributed by atoms with E-state index < -0.39 is 6.04 Å². The third-order valence-electron chi connectivity index (χ3n) is 2.14. The molecule has 0 bridgehead atoms. The van der Waals surface area contributed by atoms with E-state index in [4.69, 9.17) is 10.5 Å². The van der Waals surface area contributed by atoms with E-state index in [1.54, 1.807) is 0 Å². The smallest absolute Gasteiger partial charge is 0.239 e. The third-order valence-corrected chi connectivity index (χ3v) is 2.14. The minimum absolute atomic E-state index is 0.166. The SMILES string of the molecule is COCC(N)C(=O)NCC(C)N(C)C. The van der Waals surface area contributed by atoms with E-state index in [1.807, 2.05) is 25.9 Å². The molecule has 84 valence electrons. The summed E-state index contributed by atoms with van der Waals surface area (Å²) >= 11 is 0. The number of amides is 1. The lowest BCUT2D eigenvalue weighted by atomic mass is 10.2. The number of rotatable bonds is 6. The largest absolute Gasteiger partial charge is 0.383 e. The molecule has 0 radical (unpaired) electrons. The van der Waals surface area contributed by atoms with Crippen molar-refractivity contribution in [3.8, 4) is 0 Å². The van der Waals surface area contributed by atoms with Gasteiger partial charge in [-0.2, -0.15) is 0 Å². The van der Waals surface area contributed by atoms with Crippen molar-refractivity contribution >= 4 is 5.91 Å². The lowest BCUT2D eigenvalue weighted by Gasteiger charge is -2.21. The Morgan fingerprint density at radius 3 is 2.57 bits per heavy atom. The Kier molecular flexibility index (Phi) is 6.44. The van der Waals surface area contributed by atoms with E-state index in [0.717, 1.165) is 0 Å². The first-order chi connectivity index (χ1) is 6.49. The molecule has 0 saturated heterocycles. The van der Waals surface area contributed by atoms with Crippen LogP contribution >= 0.6 is 0 Å². The van der Waals surface area contributed by atoms with Crippen LogP contribution in [0.3, 0.4) is 0 Å². The van der Waals surface area contributed by atoms with Gasteiger partial charge in [0, 0.05) is 19.7 Å². The summed E-state index contributed by atoms with van der Waals surface area (Å²) in [5.74, 6) is -0.166. The third kappa shape index (κ3) is 5.16. The molecule has 3 N–H and O–H groups in total. The van der Waals surface area contributed by atoms with Gasteiger partial charge in [-0.05, 0) is 21.0 Å². The van der Waals surface area contributed by atoms with E-state index in [9.17, 15) is 4.79 Å². The van der Waals surface area contributed by atoms with Crippen LogP contribution in [0.15, 0.2) is 0 Å². The molecule has 0 aromatic rings. The molecule has 5 heteroatoms. The number of nitrogens with one attached hydrogen (secondary N) is 1. The molecule has 0 aliphatic carbocycles. The van der Waals surface area contributed by atoms with Crippen LogP contribution in [0.5, 0.6) is 0 Å². The number of methoxy groups -OCH3 is 1. The number of ether oxygens (including phenoxy) is 1. The summed E-state index contributed by atoms with van der Waals surface area (Å²) in [5.41, 5.74) is 5.54. The summed E-state index contributed by atoms with van der Waals surface area (Å²) < 4.78 is 4.78. The van der Waals surface area contributed by atoms with Crippen LogP contribution in [0, 0.1) is 0 Å². The average molecular weight is 203 g/mol. The standard InChI is InChI=1S/C9H21N3O2/c1-7(12(2)3)5-11-9(13)8(10)6-14-4/h7-8H,5-6,10H2,1-4H3,(H,11,13). The summed E-state index contributed by atoms with van der Waals surface area (Å²) in [7, 11) is 5.45. The number of carbonyl (C=O) groups excluding carboxylic acids is 1. The summed E-state index contributed by atoms with van der Waals surface area (Å²) in [6.07, 6.45) is 0. The van der Waals surface area contributed by atoms with Gasteiger partial charge in [-0.15, -0.1) is 0 Å². The zero-order valence-electron chi connectivity index (χ0n) is 9.41. The highest BCUT2D eigenvalue weighted by molar-refractivity contribution is 5.81. The molecule has 0 aliphatic heterocycles. The van der Waals surface area contributed by atoms with Crippen LogP contribution < -0.4 is 11.1 Å². The van der Waals surface area contributed by atoms with Crippen molar-refractivity contribution in [1.82, 2.24) is 10.2 Å². The lowest BCUT2D eigenvalue weighted by Crippen LogP contribution is -2.47. The number of carbonyl (C=O) groups is 1. The molecule has 0 aliphatic rings. The normalized spacial score (nSPS) is 15.3. The molecule has 0 rings (SSSR count). The van der Waals surface area contributed by atoms with Gasteiger partial charge in [-0.3, -0.25) is 4.79 Å². The maximum Gasteiger partial charge on any atom is 0.239 e. The zero-order chi connectivity index (χ0) is 11.1. The maximum absolute atomic E-state index is 11.3. The van der Waals surface area contributed by atoms with E-state index in [-0.39, 0.29) is 12.5 Å². The van der Waals surface area contributed by atoms with Gasteiger partial charge >= 0.3 is 0 Å². The summed E-state index contributed by atoms with van der Waals surface area (Å²) in [6.45, 7) is 2.88. The number of nitrogens with zero attached hydrogens (tertiary/aromatic N) is 1. The Balaban J connectivity index is 3.73. The fourth-order valence-corrected chi connectivity index (χ4v) is 0.817. The molecule has 14 heavy (non-hydrogen) atoms. The Morgan fingerprint density at radius 2 is 2.14 bits per heavy atom. The first-order valence-corrected chi connectivity index (χ1v) is 4.67. The second-order valence-corrected chi connectivity index (χ2v) is 3.62. The van der Waals surface area contributed by atoms with Crippen molar-refractivity contribution in [2.24, 2.45) is 5.73 Å². The molecule has 0 fully saturated rings. The van der Waals surface area contributed by atoms with Gasteiger partial charge in [0.1, 0.15) is 6.04 Å². The highest BCUT2D eigenvalue weighted by atomic mass is 16.5. The van der Waals surface area contributed by atoms with E-state index in [2.05, 4.69) is 5.32 Å². The summed E-state index contributed by atoms with van der Waals surface area (Å²) in [4.78, 5) is 13.4. The second kappa shape index (κ2) is 6.75. The van der Waals surface area contributed by atoms with Crippen LogP contribution in [0.2, 0.25) is 0 Å². The van der Waals surface area contributed by atoms with E-state index in [0.29, 0.717) is 12.6 Å². The average Bonchev–Trinajstić information content (AvgIpc) is 2.13. The van der Waals surface area contributed by atoms with Crippen LogP contribution in [-0.2, 0) is 9.53 Å². The van der Waals surface area contributed by atoms with Gasteiger partial charge in [0.15, 0.2) is 0 Å². The van der Waals surface area contributed by atoms with Crippen molar-refractivity contribution in [1.29, 1.82) is 0 Å². The van der Waals surface area contributed by atoms with Crippen molar-refractivity contribution in [2.75, 3.05) is 34.4 Å². The number of hydrogen-bond acceptors (Lipinski definition) is 4. The number of likely N-dealkylation sites (N-methyl/N-ethyl adjacent to an activating group) is 1. The van der Waals surface area contributed by atoms with Crippen LogP contribution in [0.25, 0.3) is 0 Å². The molecule has 2 atom stereocenters. The van der Waals surface area contributed by atoms with E-state index >= 15 is 0 Å². The lowest BCUT2D eigenvalue weighted by molar-refractivity contribution is -0.123. The molecule has 0 aromatic heterocycles. The van der Waals surface area contributed by atoms with Gasteiger partial charge < -0.3 is 20.7 Å². The first kappa shape index (κ1) is 13.4. The molecule has 0 saturated carbocycles. The minimum atomic E-state index is -0.575. The number of hydrogen-bond donors (Lipinski definition) is 2. The highest BCUT2D eigenvalue weighted by Gasteiger charge is 2.13. The van der Waals surface area contributed by atoms with E-state index in [1.165, 1.54) is 7.11 Å². The van der Waals surface area contributed by atoms with Crippen LogP contribution in [0.1, 0.15) is 6.92 Å². The van der Waals surface area contributed by atoms with Gasteiger partial charge in [-0.1, -0.05) is 0 Å². The van der Waals surface area contributed by atoms with Gasteiger partial charge in [-0.25, -0.2) is 0 Å². The summed E-state index contributed by atoms with van der Waals surface area (Å²) in [6, 6.07) is -0.275. The minimum Gasteiger partial charge on any atom is -0.383 e. The molecule has 0 heterocycles. The fraction of sp³-hybridized carbons (Fsp3) is 0.889. The van der Waals surface area contributed by atoms with Gasteiger partial charge in [0.05, 0.1) is 6.61 Å². The van der Waals surface area contributed by atoms with Crippen molar-refractivity contribution in [3.63, 3.8) is 0 Å². The number of nitrogens with two attached hydrogens (primary N) is 1. The Bertz CT molecular complexity index is 173. The Hall–Kier alpha value is -0.650. The van der Waals surface area contributed by atoms with Crippen molar-refractivity contribution in [2.45, 2.75) is 19.0 Å². The van der Waals surface area contributed by atoms with Crippen LogP contribution in [0.4, 0.5) is 0 Å². The Labute approximate surface area is 85.6 Å². The molecular weight excluding hydrogens is 182 g/mol. The summed E-state index contributed by atoms with van der Waals surface area (Å²) in [5, 5.41) is 2.76. The Morgan fingerprint density at radius 1 is 1.57 bits per heavy atom. The van der Waals surface area contributed by atoms with Gasteiger partial charge in [0.25, 0.3) is 0 Å². The molecule has 1 amide bonds. The van der Waals surface area contributed by atoms with Crippen molar-refractivity contribution in [3.05, 3.63) is 0 Å². The quantitative estimate of drug-likeness (QED) is 0.582. The van der Waals surface area contributed by atoms with Crippen molar-refractivity contribution < 1.29 is 9.53 Å². The monoisotopic (exact) mass is 203 g/mol.